The number of halogens is 1. The number of nitrogens with zero attached hydrogens (tertiary/aromatic N) is 5. The molecule has 5 heterocycles. The maximum absolute atomic E-state index is 14.0. The second-order valence-electron chi connectivity index (χ2n) is 10.1. The van der Waals surface area contributed by atoms with Crippen LogP contribution in [0.3, 0.4) is 0 Å². The van der Waals surface area contributed by atoms with Gasteiger partial charge in [0.25, 0.3) is 0 Å². The van der Waals surface area contributed by atoms with Crippen molar-refractivity contribution in [1.82, 2.24) is 35.0 Å². The zero-order chi connectivity index (χ0) is 26.3. The number of aromatic hydroxyl groups is 1. The lowest BCUT2D eigenvalue weighted by Crippen LogP contribution is -2.29. The lowest BCUT2D eigenvalue weighted by Gasteiger charge is -2.26. The molecule has 2 aromatic carbocycles. The lowest BCUT2D eigenvalue weighted by molar-refractivity contribution is 0.220. The van der Waals surface area contributed by atoms with Gasteiger partial charge in [0.15, 0.2) is 11.5 Å². The van der Waals surface area contributed by atoms with E-state index in [0.717, 1.165) is 48.0 Å². The summed E-state index contributed by atoms with van der Waals surface area (Å²) < 4.78 is 14.0. The molecule has 9 heteroatoms. The lowest BCUT2D eigenvalue weighted by atomic mass is 10.0. The minimum atomic E-state index is -0.512. The van der Waals surface area contributed by atoms with Gasteiger partial charge in [0.05, 0.1) is 22.2 Å². The van der Waals surface area contributed by atoms with Crippen LogP contribution >= 0.6 is 0 Å². The molecule has 0 unspecified atom stereocenters. The zero-order valence-corrected chi connectivity index (χ0v) is 21.2. The Kier molecular flexibility index (Phi) is 5.78. The first kappa shape index (κ1) is 23.5. The van der Waals surface area contributed by atoms with E-state index in [9.17, 15) is 9.50 Å². The zero-order valence-electron chi connectivity index (χ0n) is 21.2. The molecule has 0 radical (unpaired) electrons. The molecule has 6 aromatic rings. The standard InChI is InChI=1S/C30H26FN7O/c31-21-12-19(13-22(39)14-21)23-5-4-6-25-27(23)35-30(34-25)29-28-26(36-37-29)8-7-24(33-28)20-11-18(15-32-16-20)17-38-9-2-1-3-10-38/h4-8,11-16,39H,1-3,9-10,17H2,(H,34,35)(H,36,37). The highest BCUT2D eigenvalue weighted by Crippen LogP contribution is 2.33. The molecule has 0 spiro atoms. The number of para-hydroxylation sites is 1. The number of likely N-dealkylation sites (tertiary alicyclic amines) is 1. The van der Waals surface area contributed by atoms with Crippen LogP contribution in [0.5, 0.6) is 5.75 Å². The van der Waals surface area contributed by atoms with Gasteiger partial charge in [-0.1, -0.05) is 18.6 Å². The van der Waals surface area contributed by atoms with Gasteiger partial charge in [0, 0.05) is 36.1 Å². The Labute approximate surface area is 223 Å². The first-order chi connectivity index (χ1) is 19.1. The van der Waals surface area contributed by atoms with Crippen molar-refractivity contribution in [2.45, 2.75) is 25.8 Å². The average Bonchev–Trinajstić information content (AvgIpc) is 3.57. The minimum Gasteiger partial charge on any atom is -0.508 e. The summed E-state index contributed by atoms with van der Waals surface area (Å²) in [6.07, 6.45) is 7.59. The number of H-pyrrole nitrogens is 2. The van der Waals surface area contributed by atoms with E-state index < -0.39 is 5.82 Å². The monoisotopic (exact) mass is 519 g/mol. The van der Waals surface area contributed by atoms with Gasteiger partial charge in [-0.15, -0.1) is 0 Å². The van der Waals surface area contributed by atoms with Crippen LogP contribution in [0.1, 0.15) is 24.8 Å². The molecule has 7 rings (SSSR count). The number of imidazole rings is 1. The number of piperidine rings is 1. The molecule has 0 amide bonds. The first-order valence-corrected chi connectivity index (χ1v) is 13.1. The second-order valence-corrected chi connectivity index (χ2v) is 10.1. The van der Waals surface area contributed by atoms with Gasteiger partial charge in [0.1, 0.15) is 17.1 Å². The van der Waals surface area contributed by atoms with Crippen molar-refractivity contribution in [1.29, 1.82) is 0 Å². The smallest absolute Gasteiger partial charge is 0.161 e. The van der Waals surface area contributed by atoms with Gasteiger partial charge in [-0.05, 0) is 73.5 Å². The SMILES string of the molecule is Oc1cc(F)cc(-c2cccc3[nH]c(-c4n[nH]c5ccc(-c6cncc(CN7CCCCC7)c6)nc45)nc23)c1. The molecule has 0 saturated carbocycles. The number of rotatable bonds is 5. The quantitative estimate of drug-likeness (QED) is 0.256. The maximum Gasteiger partial charge on any atom is 0.161 e. The summed E-state index contributed by atoms with van der Waals surface area (Å²) in [6.45, 7) is 3.16. The number of benzene rings is 2. The summed E-state index contributed by atoms with van der Waals surface area (Å²) in [5, 5.41) is 17.5. The summed E-state index contributed by atoms with van der Waals surface area (Å²) >= 11 is 0. The van der Waals surface area contributed by atoms with Gasteiger partial charge in [-0.3, -0.25) is 15.0 Å². The molecular weight excluding hydrogens is 493 g/mol. The van der Waals surface area contributed by atoms with E-state index in [1.54, 1.807) is 0 Å². The molecule has 1 aliphatic rings. The van der Waals surface area contributed by atoms with E-state index in [-0.39, 0.29) is 5.75 Å². The van der Waals surface area contributed by atoms with Gasteiger partial charge in [0.2, 0.25) is 0 Å². The Morgan fingerprint density at radius 1 is 0.872 bits per heavy atom. The van der Waals surface area contributed by atoms with E-state index >= 15 is 0 Å². The van der Waals surface area contributed by atoms with Crippen LogP contribution in [-0.2, 0) is 6.54 Å². The Hall–Kier alpha value is -4.63. The van der Waals surface area contributed by atoms with Crippen molar-refractivity contribution < 1.29 is 9.50 Å². The number of nitrogens with one attached hydrogen (secondary N) is 2. The maximum atomic E-state index is 14.0. The number of aromatic amines is 2. The predicted molar refractivity (Wildman–Crippen MR) is 148 cm³/mol. The highest BCUT2D eigenvalue weighted by atomic mass is 19.1. The van der Waals surface area contributed by atoms with E-state index in [2.05, 4.69) is 31.1 Å². The van der Waals surface area contributed by atoms with Crippen molar-refractivity contribution in [3.8, 4) is 39.7 Å². The normalized spacial score (nSPS) is 14.4. The van der Waals surface area contributed by atoms with Crippen molar-refractivity contribution in [3.05, 3.63) is 78.4 Å². The fourth-order valence-corrected chi connectivity index (χ4v) is 5.42. The number of phenolic OH excluding ortho intramolecular Hbond substituents is 1. The number of phenols is 1. The fourth-order valence-electron chi connectivity index (χ4n) is 5.42. The third-order valence-electron chi connectivity index (χ3n) is 7.28. The summed E-state index contributed by atoms with van der Waals surface area (Å²) in [7, 11) is 0. The highest BCUT2D eigenvalue weighted by molar-refractivity contribution is 5.96. The van der Waals surface area contributed by atoms with E-state index in [1.165, 1.54) is 37.0 Å². The van der Waals surface area contributed by atoms with Crippen molar-refractivity contribution in [3.63, 3.8) is 0 Å². The van der Waals surface area contributed by atoms with Gasteiger partial charge in [-0.2, -0.15) is 5.10 Å². The van der Waals surface area contributed by atoms with Crippen LogP contribution in [0.2, 0.25) is 0 Å². The molecule has 1 fully saturated rings. The molecule has 3 N–H and O–H groups in total. The van der Waals surface area contributed by atoms with Crippen LogP contribution in [0.15, 0.2) is 67.0 Å². The molecule has 194 valence electrons. The van der Waals surface area contributed by atoms with Crippen LogP contribution < -0.4 is 0 Å². The molecule has 1 aliphatic heterocycles. The molecule has 8 nitrogen and oxygen atoms in total. The number of hydrogen-bond donors (Lipinski definition) is 3. The van der Waals surface area contributed by atoms with Crippen molar-refractivity contribution >= 4 is 22.1 Å². The van der Waals surface area contributed by atoms with E-state index in [4.69, 9.17) is 9.97 Å². The van der Waals surface area contributed by atoms with Crippen LogP contribution in [0.25, 0.3) is 56.0 Å². The Bertz CT molecular complexity index is 1800. The third-order valence-corrected chi connectivity index (χ3v) is 7.28. The summed E-state index contributed by atoms with van der Waals surface area (Å²) in [5.74, 6) is -0.101. The van der Waals surface area contributed by atoms with Gasteiger partial charge in [-0.25, -0.2) is 14.4 Å². The van der Waals surface area contributed by atoms with E-state index in [1.807, 2.05) is 42.7 Å². The van der Waals surface area contributed by atoms with Crippen molar-refractivity contribution in [2.75, 3.05) is 13.1 Å². The first-order valence-electron chi connectivity index (χ1n) is 13.1. The number of pyridine rings is 2. The topological polar surface area (TPSA) is 107 Å². The molecular formula is C30H26FN7O. The highest BCUT2D eigenvalue weighted by Gasteiger charge is 2.18. The fraction of sp³-hybridized carbons (Fsp3) is 0.200. The number of fused-ring (bicyclic) bond motifs is 2. The van der Waals surface area contributed by atoms with Crippen LogP contribution in [0.4, 0.5) is 4.39 Å². The largest absolute Gasteiger partial charge is 0.508 e. The Balaban J connectivity index is 1.26. The number of aromatic nitrogens is 6. The predicted octanol–water partition coefficient (Wildman–Crippen LogP) is 6.06. The minimum absolute atomic E-state index is 0.137. The van der Waals surface area contributed by atoms with Gasteiger partial charge < -0.3 is 10.1 Å². The van der Waals surface area contributed by atoms with Crippen LogP contribution in [-0.4, -0.2) is 53.2 Å². The Morgan fingerprint density at radius 2 is 1.77 bits per heavy atom. The van der Waals surface area contributed by atoms with Crippen LogP contribution in [0, 0.1) is 5.82 Å². The molecule has 39 heavy (non-hydrogen) atoms. The Morgan fingerprint density at radius 3 is 2.64 bits per heavy atom. The van der Waals surface area contributed by atoms with Crippen molar-refractivity contribution in [2.24, 2.45) is 0 Å². The molecule has 0 bridgehead atoms. The number of hydrogen-bond acceptors (Lipinski definition) is 6. The molecule has 0 atom stereocenters. The van der Waals surface area contributed by atoms with Gasteiger partial charge >= 0.3 is 0 Å². The molecule has 1 saturated heterocycles. The average molecular weight is 520 g/mol. The second kappa shape index (κ2) is 9.59. The summed E-state index contributed by atoms with van der Waals surface area (Å²) in [5.41, 5.74) is 7.69. The molecule has 0 aliphatic carbocycles. The van der Waals surface area contributed by atoms with E-state index in [0.29, 0.717) is 33.7 Å². The summed E-state index contributed by atoms with van der Waals surface area (Å²) in [6, 6.07) is 15.7. The molecule has 4 aromatic heterocycles. The summed E-state index contributed by atoms with van der Waals surface area (Å²) in [4.78, 5) is 20.1. The third kappa shape index (κ3) is 4.51.